The number of anilines is 1. The Labute approximate surface area is 219 Å². The smallest absolute Gasteiger partial charge is 0.415 e. The summed E-state index contributed by atoms with van der Waals surface area (Å²) in [4.78, 5) is 32.9. The zero-order chi connectivity index (χ0) is 27.1. The Kier molecular flexibility index (Phi) is 8.51. The number of carbonyl (C=O) groups excluding carboxylic acids is 3. The summed E-state index contributed by atoms with van der Waals surface area (Å²) in [6, 6.07) is 19.3. The number of rotatable bonds is 6. The van der Waals surface area contributed by atoms with Crippen molar-refractivity contribution in [2.24, 2.45) is 0 Å². The van der Waals surface area contributed by atoms with Gasteiger partial charge >= 0.3 is 12.2 Å². The van der Waals surface area contributed by atoms with Crippen LogP contribution in [-0.2, 0) is 20.9 Å². The van der Waals surface area contributed by atoms with E-state index in [1.54, 1.807) is 11.0 Å². The van der Waals surface area contributed by atoms with Crippen LogP contribution in [0.3, 0.4) is 0 Å². The van der Waals surface area contributed by atoms with Gasteiger partial charge < -0.3 is 9.47 Å². The first-order valence-electron chi connectivity index (χ1n) is 12.4. The molecule has 0 aliphatic carbocycles. The van der Waals surface area contributed by atoms with Gasteiger partial charge in [-0.15, -0.1) is 0 Å². The molecule has 0 unspecified atom stereocenters. The lowest BCUT2D eigenvalue weighted by Gasteiger charge is -2.37. The summed E-state index contributed by atoms with van der Waals surface area (Å²) >= 11 is 0. The van der Waals surface area contributed by atoms with Gasteiger partial charge in [-0.2, -0.15) is 9.59 Å². The Morgan fingerprint density at radius 3 is 2.34 bits per heavy atom. The Balaban J connectivity index is 0.00000107. The highest BCUT2D eigenvalue weighted by Crippen LogP contribution is 2.37. The average molecular weight is 523 g/mol. The van der Waals surface area contributed by atoms with E-state index in [9.17, 15) is 13.6 Å². The number of ether oxygens (including phenoxy) is 2. The minimum atomic E-state index is -0.867. The summed E-state index contributed by atoms with van der Waals surface area (Å²) < 4.78 is 39.1. The molecule has 2 fully saturated rings. The third-order valence-corrected chi connectivity index (χ3v) is 6.82. The monoisotopic (exact) mass is 522 g/mol. The van der Waals surface area contributed by atoms with Crippen LogP contribution in [0.5, 0.6) is 5.75 Å². The first-order valence-corrected chi connectivity index (χ1v) is 12.4. The van der Waals surface area contributed by atoms with Gasteiger partial charge in [0, 0.05) is 38.2 Å². The van der Waals surface area contributed by atoms with Crippen molar-refractivity contribution in [2.45, 2.75) is 31.9 Å². The van der Waals surface area contributed by atoms with Crippen LogP contribution in [0.4, 0.5) is 19.3 Å². The maximum absolute atomic E-state index is 14.0. The molecule has 198 valence electrons. The number of hydrogen-bond donors (Lipinski definition) is 0. The molecule has 9 heteroatoms. The quantitative estimate of drug-likeness (QED) is 0.429. The molecule has 38 heavy (non-hydrogen) atoms. The largest absolute Gasteiger partial charge is 0.494 e. The second-order valence-corrected chi connectivity index (χ2v) is 9.21. The summed E-state index contributed by atoms with van der Waals surface area (Å²) in [5.41, 5.74) is 2.81. The van der Waals surface area contributed by atoms with Gasteiger partial charge in [-0.1, -0.05) is 30.3 Å². The van der Waals surface area contributed by atoms with Crippen molar-refractivity contribution in [2.75, 3.05) is 31.1 Å². The fourth-order valence-electron chi connectivity index (χ4n) is 4.95. The summed E-state index contributed by atoms with van der Waals surface area (Å²) in [7, 11) is 0. The zero-order valence-corrected chi connectivity index (χ0v) is 21.0. The zero-order valence-electron chi connectivity index (χ0n) is 21.0. The second kappa shape index (κ2) is 12.0. The molecule has 0 radical (unpaired) electrons. The molecule has 0 bridgehead atoms. The van der Waals surface area contributed by atoms with Gasteiger partial charge in [0.05, 0.1) is 13.2 Å². The van der Waals surface area contributed by atoms with E-state index in [-0.39, 0.29) is 12.2 Å². The molecule has 0 aromatic heterocycles. The van der Waals surface area contributed by atoms with Crippen LogP contribution in [0.25, 0.3) is 11.1 Å². The minimum absolute atomic E-state index is 0.250. The normalized spacial score (nSPS) is 16.4. The predicted octanol–water partition coefficient (Wildman–Crippen LogP) is 5.44. The molecule has 0 atom stereocenters. The summed E-state index contributed by atoms with van der Waals surface area (Å²) in [6.07, 6.45) is 1.41. The molecule has 2 aliphatic rings. The molecule has 2 saturated heterocycles. The molecule has 3 aromatic carbocycles. The average Bonchev–Trinajstić information content (AvgIpc) is 3.24. The first kappa shape index (κ1) is 27.0. The minimum Gasteiger partial charge on any atom is -0.494 e. The van der Waals surface area contributed by atoms with Crippen LogP contribution in [0.1, 0.15) is 25.3 Å². The molecule has 2 heterocycles. The van der Waals surface area contributed by atoms with Crippen molar-refractivity contribution in [3.63, 3.8) is 0 Å². The van der Waals surface area contributed by atoms with Crippen molar-refractivity contribution in [3.05, 3.63) is 83.9 Å². The lowest BCUT2D eigenvalue weighted by atomic mass is 9.90. The summed E-state index contributed by atoms with van der Waals surface area (Å²) in [6.45, 7) is 5.15. The molecule has 7 nitrogen and oxygen atoms in total. The number of carbonyl (C=O) groups is 1. The Morgan fingerprint density at radius 1 is 0.974 bits per heavy atom. The van der Waals surface area contributed by atoms with Crippen LogP contribution in [0.2, 0.25) is 0 Å². The van der Waals surface area contributed by atoms with E-state index in [1.807, 2.05) is 55.5 Å². The number of benzene rings is 3. The van der Waals surface area contributed by atoms with Crippen molar-refractivity contribution in [3.8, 4) is 16.9 Å². The van der Waals surface area contributed by atoms with Gasteiger partial charge in [0.1, 0.15) is 11.4 Å². The molecule has 0 saturated carbocycles. The van der Waals surface area contributed by atoms with Crippen LogP contribution in [-0.4, -0.2) is 49.0 Å². The third kappa shape index (κ3) is 6.07. The topological polar surface area (TPSA) is 76.2 Å². The molecule has 5 rings (SSSR count). The van der Waals surface area contributed by atoms with Gasteiger partial charge in [-0.05, 0) is 60.0 Å². The number of likely N-dealkylation sites (tertiary alicyclic amines) is 1. The van der Waals surface area contributed by atoms with E-state index >= 15 is 0 Å². The highest BCUT2D eigenvalue weighted by Gasteiger charge is 2.47. The molecule has 3 aromatic rings. The molecule has 2 aliphatic heterocycles. The fourth-order valence-corrected chi connectivity index (χ4v) is 4.95. The second-order valence-electron chi connectivity index (χ2n) is 9.21. The van der Waals surface area contributed by atoms with Gasteiger partial charge in [0.25, 0.3) is 0 Å². The highest BCUT2D eigenvalue weighted by atomic mass is 19.2. The first-order chi connectivity index (χ1) is 18.4. The third-order valence-electron chi connectivity index (χ3n) is 6.82. The maximum atomic E-state index is 14.0. The van der Waals surface area contributed by atoms with E-state index < -0.39 is 17.2 Å². The Morgan fingerprint density at radius 2 is 1.68 bits per heavy atom. The molecule has 1 amide bonds. The van der Waals surface area contributed by atoms with E-state index in [2.05, 4.69) is 4.90 Å². The van der Waals surface area contributed by atoms with Crippen LogP contribution < -0.4 is 9.64 Å². The van der Waals surface area contributed by atoms with E-state index in [4.69, 9.17) is 19.1 Å². The van der Waals surface area contributed by atoms with Crippen molar-refractivity contribution >= 4 is 17.9 Å². The number of nitrogens with zero attached hydrogens (tertiary/aromatic N) is 2. The van der Waals surface area contributed by atoms with Gasteiger partial charge in [-0.25, -0.2) is 13.6 Å². The number of amides is 1. The van der Waals surface area contributed by atoms with Gasteiger partial charge in [-0.3, -0.25) is 9.80 Å². The lowest BCUT2D eigenvalue weighted by molar-refractivity contribution is -0.191. The predicted molar refractivity (Wildman–Crippen MR) is 135 cm³/mol. The summed E-state index contributed by atoms with van der Waals surface area (Å²) in [5.74, 6) is -0.989. The molecular formula is C29H28F2N2O5. The number of para-hydroxylation sites is 1. The van der Waals surface area contributed by atoms with Crippen LogP contribution in [0, 0.1) is 11.6 Å². The molecule has 0 N–H and O–H groups in total. The van der Waals surface area contributed by atoms with Gasteiger partial charge in [0.2, 0.25) is 0 Å². The highest BCUT2D eigenvalue weighted by molar-refractivity contribution is 5.90. The van der Waals surface area contributed by atoms with E-state index in [1.165, 1.54) is 6.07 Å². The number of halogens is 2. The lowest BCUT2D eigenvalue weighted by Crippen LogP contribution is -2.46. The number of piperidine rings is 1. The fraction of sp³-hybridized carbons (Fsp3) is 0.310. The van der Waals surface area contributed by atoms with Crippen molar-refractivity contribution in [1.29, 1.82) is 0 Å². The maximum Gasteiger partial charge on any atom is 0.415 e. The molecule has 1 spiro atoms. The van der Waals surface area contributed by atoms with Gasteiger partial charge in [0.15, 0.2) is 11.6 Å². The van der Waals surface area contributed by atoms with E-state index in [0.29, 0.717) is 25.3 Å². The number of hydrogen-bond acceptors (Lipinski definition) is 6. The van der Waals surface area contributed by atoms with Crippen LogP contribution >= 0.6 is 0 Å². The standard InChI is InChI=1S/C28H28F2N2O3.CO2/c1-2-34-23-9-10-24(20-8-11-25(29)26(30)17-20)21(16-23)18-31-14-12-28(13-15-31)19-32(27(33)35-28)22-6-4-3-5-7-22;2-1-3/h3-11,16-17H,2,12-15,18-19H2,1H3;. The van der Waals surface area contributed by atoms with E-state index in [0.717, 1.165) is 54.6 Å². The van der Waals surface area contributed by atoms with Crippen molar-refractivity contribution in [1.82, 2.24) is 4.90 Å². The molecular weight excluding hydrogens is 494 g/mol. The Bertz CT molecular complexity index is 1300. The van der Waals surface area contributed by atoms with Crippen LogP contribution in [0.15, 0.2) is 66.7 Å². The SMILES string of the molecule is CCOc1ccc(-c2ccc(F)c(F)c2)c(CN2CCC3(CC2)CN(c2ccccc2)C(=O)O3)c1.O=C=O. The van der Waals surface area contributed by atoms with Crippen molar-refractivity contribution < 1.29 is 32.6 Å². The Hall–Kier alpha value is -4.07. The summed E-state index contributed by atoms with van der Waals surface area (Å²) in [5, 5.41) is 0.